The van der Waals surface area contributed by atoms with Gasteiger partial charge in [-0.3, -0.25) is 4.90 Å². The standard InChI is InChI=1S/C15H30N2/c1-6-12-17(14(3,4)5)13-15(7-2)8-10-16-11-9-15/h6,16H,1,7-13H2,2-5H3. The van der Waals surface area contributed by atoms with E-state index in [1.165, 1.54) is 38.9 Å². The third-order valence-electron chi connectivity index (χ3n) is 4.24. The highest BCUT2D eigenvalue weighted by Gasteiger charge is 2.34. The Morgan fingerprint density at radius 3 is 2.29 bits per heavy atom. The van der Waals surface area contributed by atoms with Gasteiger partial charge in [-0.1, -0.05) is 13.0 Å². The van der Waals surface area contributed by atoms with E-state index in [0.29, 0.717) is 5.41 Å². The number of rotatable bonds is 5. The van der Waals surface area contributed by atoms with Gasteiger partial charge in [0.15, 0.2) is 0 Å². The monoisotopic (exact) mass is 238 g/mol. The van der Waals surface area contributed by atoms with Gasteiger partial charge in [0.1, 0.15) is 0 Å². The molecule has 0 bridgehead atoms. The van der Waals surface area contributed by atoms with Crippen molar-refractivity contribution in [1.82, 2.24) is 10.2 Å². The molecule has 0 aromatic heterocycles. The Labute approximate surface area is 107 Å². The second-order valence-corrected chi connectivity index (χ2v) is 6.44. The fraction of sp³-hybridized carbons (Fsp3) is 0.867. The molecule has 2 nitrogen and oxygen atoms in total. The molecule has 0 amide bonds. The van der Waals surface area contributed by atoms with E-state index in [0.717, 1.165) is 6.54 Å². The number of hydrogen-bond acceptors (Lipinski definition) is 2. The minimum absolute atomic E-state index is 0.237. The lowest BCUT2D eigenvalue weighted by Gasteiger charge is -2.45. The van der Waals surface area contributed by atoms with Crippen molar-refractivity contribution in [2.45, 2.75) is 52.5 Å². The molecule has 0 unspecified atom stereocenters. The summed E-state index contributed by atoms with van der Waals surface area (Å²) in [5, 5.41) is 3.48. The molecule has 0 spiro atoms. The minimum Gasteiger partial charge on any atom is -0.317 e. The van der Waals surface area contributed by atoms with Crippen molar-refractivity contribution in [2.75, 3.05) is 26.2 Å². The van der Waals surface area contributed by atoms with Crippen LogP contribution < -0.4 is 5.32 Å². The van der Waals surface area contributed by atoms with Crippen LogP contribution in [0.5, 0.6) is 0 Å². The highest BCUT2D eigenvalue weighted by atomic mass is 15.2. The lowest BCUT2D eigenvalue weighted by molar-refractivity contribution is 0.0570. The molecule has 17 heavy (non-hydrogen) atoms. The Hall–Kier alpha value is -0.340. The van der Waals surface area contributed by atoms with E-state index in [1.54, 1.807) is 0 Å². The Morgan fingerprint density at radius 2 is 1.88 bits per heavy atom. The SMILES string of the molecule is C=CCN(CC1(CC)CCNCC1)C(C)(C)C. The highest BCUT2D eigenvalue weighted by Crippen LogP contribution is 2.35. The fourth-order valence-corrected chi connectivity index (χ4v) is 2.72. The van der Waals surface area contributed by atoms with Crippen LogP contribution in [0, 0.1) is 5.41 Å². The van der Waals surface area contributed by atoms with Crippen LogP contribution in [0.25, 0.3) is 0 Å². The van der Waals surface area contributed by atoms with Crippen molar-refractivity contribution in [3.8, 4) is 0 Å². The van der Waals surface area contributed by atoms with Crippen molar-refractivity contribution in [3.05, 3.63) is 12.7 Å². The highest BCUT2D eigenvalue weighted by molar-refractivity contribution is 4.92. The van der Waals surface area contributed by atoms with Gasteiger partial charge in [-0.05, 0) is 58.5 Å². The van der Waals surface area contributed by atoms with Gasteiger partial charge < -0.3 is 5.32 Å². The van der Waals surface area contributed by atoms with Crippen LogP contribution >= 0.6 is 0 Å². The number of nitrogens with zero attached hydrogens (tertiary/aromatic N) is 1. The van der Waals surface area contributed by atoms with Gasteiger partial charge in [-0.25, -0.2) is 0 Å². The van der Waals surface area contributed by atoms with E-state index in [4.69, 9.17) is 0 Å². The first kappa shape index (κ1) is 14.7. The first-order chi connectivity index (χ1) is 7.93. The first-order valence-corrected chi connectivity index (χ1v) is 7.00. The third kappa shape index (κ3) is 4.11. The van der Waals surface area contributed by atoms with Gasteiger partial charge in [0, 0.05) is 18.6 Å². The van der Waals surface area contributed by atoms with Crippen LogP contribution in [0.4, 0.5) is 0 Å². The lowest BCUT2D eigenvalue weighted by Crippen LogP contribution is -2.50. The Kier molecular flexibility index (Phi) is 5.21. The van der Waals surface area contributed by atoms with Crippen molar-refractivity contribution < 1.29 is 0 Å². The molecule has 1 saturated heterocycles. The van der Waals surface area contributed by atoms with Crippen molar-refractivity contribution >= 4 is 0 Å². The summed E-state index contributed by atoms with van der Waals surface area (Å²) in [7, 11) is 0. The zero-order chi connectivity index (χ0) is 12.9. The van der Waals surface area contributed by atoms with Gasteiger partial charge in [0.05, 0.1) is 0 Å². The average molecular weight is 238 g/mol. The second-order valence-electron chi connectivity index (χ2n) is 6.44. The van der Waals surface area contributed by atoms with E-state index in [2.05, 4.69) is 44.5 Å². The smallest absolute Gasteiger partial charge is 0.0166 e. The quantitative estimate of drug-likeness (QED) is 0.741. The summed E-state index contributed by atoms with van der Waals surface area (Å²) in [5.74, 6) is 0. The Morgan fingerprint density at radius 1 is 1.29 bits per heavy atom. The molecular weight excluding hydrogens is 208 g/mol. The van der Waals surface area contributed by atoms with Crippen LogP contribution in [0.15, 0.2) is 12.7 Å². The molecule has 0 aromatic carbocycles. The average Bonchev–Trinajstić information content (AvgIpc) is 2.28. The van der Waals surface area contributed by atoms with Crippen LogP contribution in [0.3, 0.4) is 0 Å². The van der Waals surface area contributed by atoms with Crippen LogP contribution in [0.1, 0.15) is 47.0 Å². The number of piperidine rings is 1. The maximum atomic E-state index is 3.90. The maximum Gasteiger partial charge on any atom is 0.0166 e. The molecule has 0 aromatic rings. The molecule has 1 aliphatic rings. The molecule has 1 fully saturated rings. The molecule has 100 valence electrons. The van der Waals surface area contributed by atoms with E-state index < -0.39 is 0 Å². The molecule has 0 aliphatic carbocycles. The van der Waals surface area contributed by atoms with Gasteiger partial charge in [-0.2, -0.15) is 0 Å². The summed E-state index contributed by atoms with van der Waals surface area (Å²) < 4.78 is 0. The summed E-state index contributed by atoms with van der Waals surface area (Å²) in [6.07, 6.45) is 5.95. The van der Waals surface area contributed by atoms with Gasteiger partial charge in [0.2, 0.25) is 0 Å². The molecule has 0 atom stereocenters. The maximum absolute atomic E-state index is 3.90. The summed E-state index contributed by atoms with van der Waals surface area (Å²) in [6.45, 7) is 17.7. The molecular formula is C15H30N2. The van der Waals surface area contributed by atoms with Crippen molar-refractivity contribution in [1.29, 1.82) is 0 Å². The van der Waals surface area contributed by atoms with Gasteiger partial charge in [-0.15, -0.1) is 6.58 Å². The third-order valence-corrected chi connectivity index (χ3v) is 4.24. The largest absolute Gasteiger partial charge is 0.317 e. The topological polar surface area (TPSA) is 15.3 Å². The fourth-order valence-electron chi connectivity index (χ4n) is 2.72. The van der Waals surface area contributed by atoms with E-state index in [-0.39, 0.29) is 5.54 Å². The number of nitrogens with one attached hydrogen (secondary N) is 1. The lowest BCUT2D eigenvalue weighted by atomic mass is 9.75. The molecule has 1 N–H and O–H groups in total. The van der Waals surface area contributed by atoms with Crippen LogP contribution in [0.2, 0.25) is 0 Å². The molecule has 1 heterocycles. The second kappa shape index (κ2) is 6.01. The summed E-state index contributed by atoms with van der Waals surface area (Å²) >= 11 is 0. The van der Waals surface area contributed by atoms with E-state index in [9.17, 15) is 0 Å². The van der Waals surface area contributed by atoms with Crippen LogP contribution in [-0.4, -0.2) is 36.6 Å². The summed E-state index contributed by atoms with van der Waals surface area (Å²) in [4.78, 5) is 2.58. The van der Waals surface area contributed by atoms with Gasteiger partial charge in [0.25, 0.3) is 0 Å². The van der Waals surface area contributed by atoms with Crippen LogP contribution in [-0.2, 0) is 0 Å². The summed E-state index contributed by atoms with van der Waals surface area (Å²) in [6, 6.07) is 0. The minimum atomic E-state index is 0.237. The zero-order valence-electron chi connectivity index (χ0n) is 12.2. The number of hydrogen-bond donors (Lipinski definition) is 1. The molecule has 0 radical (unpaired) electrons. The zero-order valence-corrected chi connectivity index (χ0v) is 12.2. The summed E-state index contributed by atoms with van der Waals surface area (Å²) in [5.41, 5.74) is 0.753. The predicted molar refractivity (Wildman–Crippen MR) is 76.4 cm³/mol. The van der Waals surface area contributed by atoms with E-state index in [1.807, 2.05) is 6.08 Å². The van der Waals surface area contributed by atoms with Gasteiger partial charge >= 0.3 is 0 Å². The Balaban J connectivity index is 2.72. The molecule has 2 heteroatoms. The van der Waals surface area contributed by atoms with E-state index >= 15 is 0 Å². The molecule has 1 rings (SSSR count). The first-order valence-electron chi connectivity index (χ1n) is 7.00. The molecule has 1 aliphatic heterocycles. The van der Waals surface area contributed by atoms with Crippen molar-refractivity contribution in [2.24, 2.45) is 5.41 Å². The molecule has 0 saturated carbocycles. The normalized spacial score (nSPS) is 20.5. The predicted octanol–water partition coefficient (Wildman–Crippen LogP) is 3.05. The Bertz CT molecular complexity index is 234. The van der Waals surface area contributed by atoms with Crippen molar-refractivity contribution in [3.63, 3.8) is 0 Å².